The summed E-state index contributed by atoms with van der Waals surface area (Å²) in [4.78, 5) is 36.3. The Kier molecular flexibility index (Phi) is 8.25. The van der Waals surface area contributed by atoms with Crippen molar-refractivity contribution in [1.29, 1.82) is 0 Å². The Balaban J connectivity index is 0.00000280. The number of hydrogen-bond acceptors (Lipinski definition) is 7. The van der Waals surface area contributed by atoms with Crippen molar-refractivity contribution in [2.45, 2.75) is 13.5 Å². The van der Waals surface area contributed by atoms with Crippen LogP contribution in [0.3, 0.4) is 0 Å². The third-order valence-electron chi connectivity index (χ3n) is 4.59. The summed E-state index contributed by atoms with van der Waals surface area (Å²) in [5, 5.41) is 0. The molecule has 154 valence electrons. The number of morpholine rings is 1. The number of ether oxygens (including phenoxy) is 1. The van der Waals surface area contributed by atoms with Gasteiger partial charge in [-0.1, -0.05) is 30.3 Å². The molecule has 0 radical (unpaired) electrons. The zero-order chi connectivity index (χ0) is 19.2. The molecule has 0 N–H and O–H groups in total. The number of hydrogen-bond donors (Lipinski definition) is 0. The first-order valence-corrected chi connectivity index (χ1v) is 8.91. The van der Waals surface area contributed by atoms with Crippen LogP contribution in [0, 0.1) is 12.8 Å². The summed E-state index contributed by atoms with van der Waals surface area (Å²) in [5.41, 5.74) is 1.06. The number of aromatic nitrogens is 1. The number of nitrogens with zero attached hydrogens (tertiary/aromatic N) is 2. The second-order valence-electron chi connectivity index (χ2n) is 6.46. The van der Waals surface area contributed by atoms with E-state index in [1.807, 2.05) is 30.3 Å². The maximum atomic E-state index is 12.6. The van der Waals surface area contributed by atoms with Crippen LogP contribution in [0.4, 0.5) is 0 Å². The minimum Gasteiger partial charge on any atom is -0.379 e. The highest BCUT2D eigenvalue weighted by atomic mass is 35.5. The molecule has 1 aromatic carbocycles. The summed E-state index contributed by atoms with van der Waals surface area (Å²) in [6.07, 6.45) is 0. The Morgan fingerprint density at radius 2 is 1.86 bits per heavy atom. The number of halogens is 1. The molecule has 3 rings (SSSR count). The molecule has 0 aliphatic carbocycles. The van der Waals surface area contributed by atoms with Crippen LogP contribution >= 0.6 is 12.4 Å². The van der Waals surface area contributed by atoms with Crippen molar-refractivity contribution in [1.82, 2.24) is 9.64 Å². The monoisotopic (exact) mass is 412 g/mol. The average Bonchev–Trinajstić information content (AvgIpc) is 2.97. The van der Waals surface area contributed by atoms with Gasteiger partial charge in [-0.2, -0.15) is 9.63 Å². The normalized spacial score (nSPS) is 15.6. The Morgan fingerprint density at radius 3 is 2.50 bits per heavy atom. The van der Waals surface area contributed by atoms with Gasteiger partial charge in [0, 0.05) is 25.2 Å². The lowest BCUT2D eigenvalue weighted by Gasteiger charge is -2.29. The fraction of sp³-hybridized carbons (Fsp3) is 0.474. The second kappa shape index (κ2) is 10.4. The zero-order valence-corrected chi connectivity index (χ0v) is 16.8. The lowest BCUT2D eigenvalue weighted by atomic mass is 10.1. The fourth-order valence-corrected chi connectivity index (χ4v) is 3.14. The van der Waals surface area contributed by atoms with Crippen molar-refractivity contribution in [3.05, 3.63) is 46.2 Å². The largest absolute Gasteiger partial charge is 0.379 e. The lowest BCUT2D eigenvalue weighted by molar-refractivity contribution is -0.260. The van der Waals surface area contributed by atoms with E-state index >= 15 is 0 Å². The number of carbonyl (C=O) groups is 1. The average molecular weight is 413 g/mol. The molecule has 1 aromatic heterocycles. The molecule has 2 aromatic rings. The fourth-order valence-electron chi connectivity index (χ4n) is 3.14. The van der Waals surface area contributed by atoms with Crippen molar-refractivity contribution in [2.24, 2.45) is 5.92 Å². The first-order valence-electron chi connectivity index (χ1n) is 8.91. The Labute approximate surface area is 169 Å². The molecule has 2 heterocycles. The summed E-state index contributed by atoms with van der Waals surface area (Å²) < 4.78 is 12.4. The Hall–Kier alpha value is -2.13. The van der Waals surface area contributed by atoms with Gasteiger partial charge in [0.2, 0.25) is 0 Å². The van der Waals surface area contributed by atoms with Crippen LogP contribution in [0.25, 0.3) is 11.3 Å². The second-order valence-corrected chi connectivity index (χ2v) is 6.46. The molecule has 28 heavy (non-hydrogen) atoms. The predicted molar refractivity (Wildman–Crippen MR) is 104 cm³/mol. The molecule has 1 atom stereocenters. The third kappa shape index (κ3) is 5.23. The van der Waals surface area contributed by atoms with Crippen molar-refractivity contribution < 1.29 is 23.8 Å². The van der Waals surface area contributed by atoms with Crippen LogP contribution in [0.15, 0.2) is 39.6 Å². The number of benzene rings is 1. The van der Waals surface area contributed by atoms with E-state index in [1.54, 1.807) is 6.92 Å². The van der Waals surface area contributed by atoms with Crippen LogP contribution < -0.4 is 5.56 Å². The van der Waals surface area contributed by atoms with Crippen molar-refractivity contribution in [2.75, 3.05) is 40.0 Å². The minimum atomic E-state index is -0.602. The van der Waals surface area contributed by atoms with Gasteiger partial charge < -0.3 is 9.26 Å². The lowest BCUT2D eigenvalue weighted by Crippen LogP contribution is -2.43. The summed E-state index contributed by atoms with van der Waals surface area (Å²) in [6, 6.07) is 9.40. The van der Waals surface area contributed by atoms with Gasteiger partial charge in [-0.25, -0.2) is 4.79 Å². The SMILES string of the molecule is COOC(=O)C(CN1CCOCC1)Cn1oc(-c2ccccc2)c(C)c1=O.Cl. The molecular formula is C19H25ClN2O6. The van der Waals surface area contributed by atoms with Crippen molar-refractivity contribution in [3.8, 4) is 11.3 Å². The maximum Gasteiger partial charge on any atom is 0.348 e. The molecule has 9 heteroatoms. The molecule has 0 spiro atoms. The van der Waals surface area contributed by atoms with Gasteiger partial charge in [0.15, 0.2) is 5.76 Å². The number of rotatable bonds is 7. The topological polar surface area (TPSA) is 83.1 Å². The van der Waals surface area contributed by atoms with Crippen LogP contribution in [0.5, 0.6) is 0 Å². The first kappa shape index (κ1) is 22.2. The van der Waals surface area contributed by atoms with Gasteiger partial charge in [0.1, 0.15) is 0 Å². The molecule has 0 amide bonds. The van der Waals surface area contributed by atoms with Gasteiger partial charge in [0.05, 0.1) is 38.3 Å². The molecular weight excluding hydrogens is 388 g/mol. The number of carbonyl (C=O) groups excluding carboxylic acids is 1. The van der Waals surface area contributed by atoms with E-state index < -0.39 is 11.9 Å². The van der Waals surface area contributed by atoms with Crippen LogP contribution in [0.2, 0.25) is 0 Å². The minimum absolute atomic E-state index is 0. The quantitative estimate of drug-likeness (QED) is 0.507. The molecule has 1 unspecified atom stereocenters. The van der Waals surface area contributed by atoms with E-state index in [2.05, 4.69) is 9.79 Å². The zero-order valence-electron chi connectivity index (χ0n) is 16.0. The maximum absolute atomic E-state index is 12.6. The van der Waals surface area contributed by atoms with E-state index in [9.17, 15) is 9.59 Å². The molecule has 0 saturated carbocycles. The molecule has 1 aliphatic rings. The highest BCUT2D eigenvalue weighted by Gasteiger charge is 2.28. The van der Waals surface area contributed by atoms with Gasteiger partial charge in [-0.3, -0.25) is 14.6 Å². The highest BCUT2D eigenvalue weighted by Crippen LogP contribution is 2.22. The highest BCUT2D eigenvalue weighted by molar-refractivity contribution is 5.85. The van der Waals surface area contributed by atoms with E-state index in [0.717, 1.165) is 18.7 Å². The molecule has 1 aliphatic heterocycles. The molecule has 1 saturated heterocycles. The van der Waals surface area contributed by atoms with Gasteiger partial charge in [-0.15, -0.1) is 12.4 Å². The summed E-state index contributed by atoms with van der Waals surface area (Å²) in [5.74, 6) is -0.632. The van der Waals surface area contributed by atoms with Crippen LogP contribution in [-0.4, -0.2) is 55.6 Å². The summed E-state index contributed by atoms with van der Waals surface area (Å²) >= 11 is 0. The third-order valence-corrected chi connectivity index (χ3v) is 4.59. The van der Waals surface area contributed by atoms with Crippen LogP contribution in [0.1, 0.15) is 5.56 Å². The summed E-state index contributed by atoms with van der Waals surface area (Å²) in [7, 11) is 1.28. The van der Waals surface area contributed by atoms with Crippen molar-refractivity contribution in [3.63, 3.8) is 0 Å². The van der Waals surface area contributed by atoms with Gasteiger partial charge in [0.25, 0.3) is 5.56 Å². The summed E-state index contributed by atoms with van der Waals surface area (Å²) in [6.45, 7) is 4.89. The predicted octanol–water partition coefficient (Wildman–Crippen LogP) is 1.89. The molecule has 0 bridgehead atoms. The van der Waals surface area contributed by atoms with Gasteiger partial charge in [-0.05, 0) is 6.92 Å². The van der Waals surface area contributed by atoms with Crippen LogP contribution in [-0.2, 0) is 25.9 Å². The van der Waals surface area contributed by atoms with E-state index in [0.29, 0.717) is 31.1 Å². The van der Waals surface area contributed by atoms with E-state index in [4.69, 9.17) is 14.1 Å². The van der Waals surface area contributed by atoms with Crippen molar-refractivity contribution >= 4 is 18.4 Å². The standard InChI is InChI=1S/C19H24N2O6.ClH/c1-14-17(15-6-4-3-5-7-15)26-21(18(14)22)13-16(19(23)27-24-2)12-20-8-10-25-11-9-20;/h3-7,16H,8-13H2,1-2H3;1H. The first-order chi connectivity index (χ1) is 13.1. The van der Waals surface area contributed by atoms with E-state index in [1.165, 1.54) is 11.8 Å². The molecule has 1 fully saturated rings. The smallest absolute Gasteiger partial charge is 0.348 e. The molecule has 8 nitrogen and oxygen atoms in total. The Morgan fingerprint density at radius 1 is 1.18 bits per heavy atom. The van der Waals surface area contributed by atoms with Gasteiger partial charge >= 0.3 is 5.97 Å². The van der Waals surface area contributed by atoms with E-state index in [-0.39, 0.29) is 24.5 Å². The Bertz CT molecular complexity index is 814.